The zero-order valence-corrected chi connectivity index (χ0v) is 10.3. The zero-order valence-electron chi connectivity index (χ0n) is 10.3. The molecular formula is C13H24O2. The molecule has 0 aromatic heterocycles. The van der Waals surface area contributed by atoms with Gasteiger partial charge in [0.25, 0.3) is 0 Å². The smallest absolute Gasteiger partial charge is 0.305 e. The Hall–Kier alpha value is -0.790. The maximum atomic E-state index is 11.2. The van der Waals surface area contributed by atoms with Crippen LogP contribution in [0.15, 0.2) is 12.2 Å². The number of hydrogen-bond donors (Lipinski definition) is 0. The second-order valence-corrected chi connectivity index (χ2v) is 4.23. The number of rotatable bonds is 8. The van der Waals surface area contributed by atoms with Crippen molar-refractivity contribution in [2.45, 2.75) is 52.9 Å². The van der Waals surface area contributed by atoms with Crippen LogP contribution < -0.4 is 0 Å². The van der Waals surface area contributed by atoms with E-state index in [0.29, 0.717) is 18.9 Å². The van der Waals surface area contributed by atoms with Crippen molar-refractivity contribution < 1.29 is 9.53 Å². The van der Waals surface area contributed by atoms with Gasteiger partial charge < -0.3 is 4.74 Å². The van der Waals surface area contributed by atoms with Crippen LogP contribution in [0, 0.1) is 5.92 Å². The summed E-state index contributed by atoms with van der Waals surface area (Å²) >= 11 is 0. The molecule has 15 heavy (non-hydrogen) atoms. The Morgan fingerprint density at radius 3 is 2.53 bits per heavy atom. The Bertz CT molecular complexity index is 183. The molecule has 0 N–H and O–H groups in total. The number of unbranched alkanes of at least 4 members (excludes halogenated alkanes) is 2. The number of carbonyl (C=O) groups is 1. The Morgan fingerprint density at radius 1 is 1.27 bits per heavy atom. The Balaban J connectivity index is 3.31. The van der Waals surface area contributed by atoms with Crippen molar-refractivity contribution in [2.75, 3.05) is 6.61 Å². The van der Waals surface area contributed by atoms with Crippen LogP contribution >= 0.6 is 0 Å². The first-order valence-corrected chi connectivity index (χ1v) is 5.97. The van der Waals surface area contributed by atoms with E-state index in [0.717, 1.165) is 19.3 Å². The lowest BCUT2D eigenvalue weighted by Gasteiger charge is -2.06. The number of hydrogen-bond acceptors (Lipinski definition) is 2. The van der Waals surface area contributed by atoms with Crippen LogP contribution in [0.1, 0.15) is 52.9 Å². The fraction of sp³-hybridized carbons (Fsp3) is 0.769. The van der Waals surface area contributed by atoms with Gasteiger partial charge in [-0.25, -0.2) is 0 Å². The number of carbonyl (C=O) groups excluding carboxylic acids is 1. The van der Waals surface area contributed by atoms with Gasteiger partial charge in [0.05, 0.1) is 6.61 Å². The summed E-state index contributed by atoms with van der Waals surface area (Å²) < 4.78 is 5.07. The van der Waals surface area contributed by atoms with Crippen LogP contribution in [0.4, 0.5) is 0 Å². The van der Waals surface area contributed by atoms with Crippen LogP contribution in [0.2, 0.25) is 0 Å². The van der Waals surface area contributed by atoms with Gasteiger partial charge in [-0.2, -0.15) is 0 Å². The van der Waals surface area contributed by atoms with Gasteiger partial charge in [0.2, 0.25) is 0 Å². The highest BCUT2D eigenvalue weighted by molar-refractivity contribution is 5.69. The zero-order chi connectivity index (χ0) is 11.5. The summed E-state index contributed by atoms with van der Waals surface area (Å²) in [5, 5.41) is 0. The SMILES string of the molecule is CCC/C=C/CCCC(=O)OCC(C)C. The monoisotopic (exact) mass is 212 g/mol. The van der Waals surface area contributed by atoms with Crippen LogP contribution in [-0.4, -0.2) is 12.6 Å². The molecule has 0 saturated heterocycles. The molecule has 0 aromatic carbocycles. The molecule has 0 aliphatic rings. The maximum Gasteiger partial charge on any atom is 0.305 e. The van der Waals surface area contributed by atoms with Crippen molar-refractivity contribution >= 4 is 5.97 Å². The van der Waals surface area contributed by atoms with E-state index in [-0.39, 0.29) is 5.97 Å². The summed E-state index contributed by atoms with van der Waals surface area (Å²) in [4.78, 5) is 11.2. The molecule has 0 heterocycles. The van der Waals surface area contributed by atoms with E-state index in [1.807, 2.05) is 13.8 Å². The molecule has 0 aromatic rings. The molecule has 0 unspecified atom stereocenters. The molecule has 0 rings (SSSR count). The van der Waals surface area contributed by atoms with E-state index in [1.165, 1.54) is 6.42 Å². The van der Waals surface area contributed by atoms with Gasteiger partial charge in [0.15, 0.2) is 0 Å². The van der Waals surface area contributed by atoms with Gasteiger partial charge >= 0.3 is 5.97 Å². The van der Waals surface area contributed by atoms with Gasteiger partial charge in [-0.15, -0.1) is 0 Å². The van der Waals surface area contributed by atoms with E-state index < -0.39 is 0 Å². The van der Waals surface area contributed by atoms with Gasteiger partial charge in [-0.1, -0.05) is 39.3 Å². The molecule has 0 saturated carbocycles. The van der Waals surface area contributed by atoms with Crippen molar-refractivity contribution in [1.82, 2.24) is 0 Å². The van der Waals surface area contributed by atoms with Crippen molar-refractivity contribution in [3.63, 3.8) is 0 Å². The number of allylic oxidation sites excluding steroid dienone is 2. The standard InChI is InChI=1S/C13H24O2/c1-4-5-6-7-8-9-10-13(14)15-11-12(2)3/h6-7,12H,4-5,8-11H2,1-3H3/b7-6+. The molecular weight excluding hydrogens is 188 g/mol. The summed E-state index contributed by atoms with van der Waals surface area (Å²) in [6.45, 7) is 6.79. The van der Waals surface area contributed by atoms with Crippen molar-refractivity contribution in [1.29, 1.82) is 0 Å². The molecule has 0 spiro atoms. The van der Waals surface area contributed by atoms with Crippen LogP contribution in [0.5, 0.6) is 0 Å². The first-order chi connectivity index (χ1) is 7.16. The summed E-state index contributed by atoms with van der Waals surface area (Å²) in [6.07, 6.45) is 9.08. The Morgan fingerprint density at radius 2 is 1.93 bits per heavy atom. The fourth-order valence-electron chi connectivity index (χ4n) is 1.10. The average molecular weight is 212 g/mol. The van der Waals surface area contributed by atoms with Crippen molar-refractivity contribution in [2.24, 2.45) is 5.92 Å². The maximum absolute atomic E-state index is 11.2. The predicted molar refractivity (Wildman–Crippen MR) is 63.7 cm³/mol. The highest BCUT2D eigenvalue weighted by Gasteiger charge is 2.02. The third-order valence-corrected chi connectivity index (χ3v) is 1.95. The lowest BCUT2D eigenvalue weighted by molar-refractivity contribution is -0.144. The molecule has 0 radical (unpaired) electrons. The quantitative estimate of drug-likeness (QED) is 0.348. The molecule has 2 nitrogen and oxygen atoms in total. The fourth-order valence-corrected chi connectivity index (χ4v) is 1.10. The van der Waals surface area contributed by atoms with Crippen LogP contribution in [0.25, 0.3) is 0 Å². The number of ether oxygens (including phenoxy) is 1. The molecule has 0 atom stereocenters. The summed E-state index contributed by atoms with van der Waals surface area (Å²) in [5.41, 5.74) is 0. The molecule has 0 bridgehead atoms. The molecule has 0 amide bonds. The van der Waals surface area contributed by atoms with Gasteiger partial charge in [0, 0.05) is 6.42 Å². The third kappa shape index (κ3) is 11.1. The minimum absolute atomic E-state index is 0.0624. The van der Waals surface area contributed by atoms with Gasteiger partial charge in [-0.3, -0.25) is 4.79 Å². The lowest BCUT2D eigenvalue weighted by Crippen LogP contribution is -2.09. The first kappa shape index (κ1) is 14.2. The summed E-state index contributed by atoms with van der Waals surface area (Å²) in [7, 11) is 0. The van der Waals surface area contributed by atoms with E-state index in [1.54, 1.807) is 0 Å². The second kappa shape index (κ2) is 9.75. The van der Waals surface area contributed by atoms with Crippen molar-refractivity contribution in [3.05, 3.63) is 12.2 Å². The molecule has 2 heteroatoms. The predicted octanol–water partition coefficient (Wildman–Crippen LogP) is 3.71. The molecule has 0 aliphatic heterocycles. The highest BCUT2D eigenvalue weighted by atomic mass is 16.5. The second-order valence-electron chi connectivity index (χ2n) is 4.23. The largest absolute Gasteiger partial charge is 0.465 e. The highest BCUT2D eigenvalue weighted by Crippen LogP contribution is 2.02. The van der Waals surface area contributed by atoms with Gasteiger partial charge in [-0.05, 0) is 25.2 Å². The Labute approximate surface area is 93.7 Å². The van der Waals surface area contributed by atoms with Gasteiger partial charge in [0.1, 0.15) is 0 Å². The first-order valence-electron chi connectivity index (χ1n) is 5.97. The third-order valence-electron chi connectivity index (χ3n) is 1.95. The van der Waals surface area contributed by atoms with E-state index in [9.17, 15) is 4.79 Å². The summed E-state index contributed by atoms with van der Waals surface area (Å²) in [5.74, 6) is 0.367. The van der Waals surface area contributed by atoms with Crippen LogP contribution in [0.3, 0.4) is 0 Å². The average Bonchev–Trinajstić information content (AvgIpc) is 2.20. The normalized spacial score (nSPS) is 11.2. The van der Waals surface area contributed by atoms with E-state index in [2.05, 4.69) is 19.1 Å². The van der Waals surface area contributed by atoms with E-state index in [4.69, 9.17) is 4.74 Å². The summed E-state index contributed by atoms with van der Waals surface area (Å²) in [6, 6.07) is 0. The minimum Gasteiger partial charge on any atom is -0.465 e. The number of esters is 1. The molecule has 0 fully saturated rings. The minimum atomic E-state index is -0.0624. The Kier molecular flexibility index (Phi) is 9.24. The lowest BCUT2D eigenvalue weighted by atomic mass is 10.2. The van der Waals surface area contributed by atoms with E-state index >= 15 is 0 Å². The van der Waals surface area contributed by atoms with Crippen LogP contribution in [-0.2, 0) is 9.53 Å². The molecule has 0 aliphatic carbocycles. The molecule has 88 valence electrons. The van der Waals surface area contributed by atoms with Crippen molar-refractivity contribution in [3.8, 4) is 0 Å². The topological polar surface area (TPSA) is 26.3 Å².